The van der Waals surface area contributed by atoms with Gasteiger partial charge in [0.05, 0.1) is 15.9 Å². The normalized spacial score (nSPS) is 19.6. The van der Waals surface area contributed by atoms with E-state index in [1.54, 1.807) is 18.2 Å². The summed E-state index contributed by atoms with van der Waals surface area (Å²) in [4.78, 5) is 17.4. The molecule has 0 bridgehead atoms. The molecule has 2 aromatic rings. The molecule has 1 fully saturated rings. The van der Waals surface area contributed by atoms with Crippen LogP contribution in [0.1, 0.15) is 57.7 Å². The number of hydrogen-bond acceptors (Lipinski definition) is 4. The molecule has 0 saturated heterocycles. The smallest absolute Gasteiger partial charge is 0.242 e. The molecule has 1 aromatic heterocycles. The molecule has 30 heavy (non-hydrogen) atoms. The van der Waals surface area contributed by atoms with Crippen molar-refractivity contribution in [1.29, 1.82) is 0 Å². The number of rotatable bonds is 9. The molecule has 2 unspecified atom stereocenters. The van der Waals surface area contributed by atoms with E-state index in [0.717, 1.165) is 17.8 Å². The van der Waals surface area contributed by atoms with E-state index in [2.05, 4.69) is 17.2 Å². The van der Waals surface area contributed by atoms with Gasteiger partial charge in [-0.2, -0.15) is 0 Å². The maximum absolute atomic E-state index is 12.5. The minimum absolute atomic E-state index is 0.0753. The Morgan fingerprint density at radius 1 is 1.30 bits per heavy atom. The standard InChI is InChI=1S/C22H34N4O3S/c1-5-6-8-16-9-7-10-18(16)24-22(27)14-13-21-23-19-15-17(30(28,29)25(2)3)11-12-20(19)26(21)4/h11-12,15-16,18H,5-10,13-14H2,1-4H3,(H,24,27). The summed E-state index contributed by atoms with van der Waals surface area (Å²) < 4.78 is 27.9. The van der Waals surface area contributed by atoms with Crippen molar-refractivity contribution in [2.75, 3.05) is 14.1 Å². The Hall–Kier alpha value is -1.93. The zero-order valence-electron chi connectivity index (χ0n) is 18.5. The first-order valence-electron chi connectivity index (χ1n) is 10.9. The van der Waals surface area contributed by atoms with Gasteiger partial charge in [0.15, 0.2) is 0 Å². The van der Waals surface area contributed by atoms with Gasteiger partial charge in [-0.15, -0.1) is 0 Å². The third-order valence-electron chi connectivity index (χ3n) is 6.23. The van der Waals surface area contributed by atoms with Crippen molar-refractivity contribution in [3.8, 4) is 0 Å². The molecular formula is C22H34N4O3S. The van der Waals surface area contributed by atoms with Crippen LogP contribution in [-0.2, 0) is 28.3 Å². The fraction of sp³-hybridized carbons (Fsp3) is 0.636. The van der Waals surface area contributed by atoms with E-state index < -0.39 is 10.0 Å². The zero-order valence-corrected chi connectivity index (χ0v) is 19.3. The number of amides is 1. The number of hydrogen-bond donors (Lipinski definition) is 1. The molecular weight excluding hydrogens is 400 g/mol. The van der Waals surface area contributed by atoms with Crippen molar-refractivity contribution in [3.05, 3.63) is 24.0 Å². The molecule has 7 nitrogen and oxygen atoms in total. The van der Waals surface area contributed by atoms with Crippen molar-refractivity contribution in [2.24, 2.45) is 13.0 Å². The highest BCUT2D eigenvalue weighted by molar-refractivity contribution is 7.89. The minimum Gasteiger partial charge on any atom is -0.353 e. The highest BCUT2D eigenvalue weighted by Crippen LogP contribution is 2.30. The predicted octanol–water partition coefficient (Wildman–Crippen LogP) is 3.23. The lowest BCUT2D eigenvalue weighted by Gasteiger charge is -2.20. The van der Waals surface area contributed by atoms with Gasteiger partial charge in [0.2, 0.25) is 15.9 Å². The third-order valence-corrected chi connectivity index (χ3v) is 8.04. The van der Waals surface area contributed by atoms with E-state index in [0.29, 0.717) is 30.3 Å². The van der Waals surface area contributed by atoms with Crippen LogP contribution in [0.25, 0.3) is 11.0 Å². The largest absolute Gasteiger partial charge is 0.353 e. The van der Waals surface area contributed by atoms with Crippen molar-refractivity contribution in [2.45, 2.75) is 69.2 Å². The molecule has 0 radical (unpaired) electrons. The monoisotopic (exact) mass is 434 g/mol. The Kier molecular flexibility index (Phi) is 7.18. The van der Waals surface area contributed by atoms with Crippen LogP contribution in [0.2, 0.25) is 0 Å². The second kappa shape index (κ2) is 9.47. The van der Waals surface area contributed by atoms with Gasteiger partial charge in [-0.25, -0.2) is 17.7 Å². The molecule has 1 heterocycles. The van der Waals surface area contributed by atoms with Crippen LogP contribution in [0.3, 0.4) is 0 Å². The van der Waals surface area contributed by atoms with E-state index in [4.69, 9.17) is 0 Å². The second-order valence-electron chi connectivity index (χ2n) is 8.53. The SMILES string of the molecule is CCCCC1CCCC1NC(=O)CCc1nc2cc(S(=O)(=O)N(C)C)ccc2n1C. The summed E-state index contributed by atoms with van der Waals surface area (Å²) in [6, 6.07) is 5.29. The summed E-state index contributed by atoms with van der Waals surface area (Å²) in [5, 5.41) is 3.24. The number of aryl methyl sites for hydroxylation is 2. The molecule has 2 atom stereocenters. The average Bonchev–Trinajstić information content (AvgIpc) is 3.28. The van der Waals surface area contributed by atoms with E-state index >= 15 is 0 Å². The van der Waals surface area contributed by atoms with E-state index in [1.165, 1.54) is 50.5 Å². The number of fused-ring (bicyclic) bond motifs is 1. The van der Waals surface area contributed by atoms with E-state index in [-0.39, 0.29) is 10.8 Å². The number of benzene rings is 1. The highest BCUT2D eigenvalue weighted by atomic mass is 32.2. The number of unbranched alkanes of at least 4 members (excludes halogenated alkanes) is 1. The maximum Gasteiger partial charge on any atom is 0.242 e. The first kappa shape index (κ1) is 22.7. The highest BCUT2D eigenvalue weighted by Gasteiger charge is 2.28. The molecule has 0 spiro atoms. The van der Waals surface area contributed by atoms with Crippen LogP contribution in [-0.4, -0.2) is 48.3 Å². The molecule has 1 aromatic carbocycles. The average molecular weight is 435 g/mol. The fourth-order valence-electron chi connectivity index (χ4n) is 4.37. The number of aromatic nitrogens is 2. The summed E-state index contributed by atoms with van der Waals surface area (Å²) >= 11 is 0. The molecule has 1 aliphatic carbocycles. The summed E-state index contributed by atoms with van der Waals surface area (Å²) in [6.45, 7) is 2.21. The van der Waals surface area contributed by atoms with Crippen molar-refractivity contribution < 1.29 is 13.2 Å². The Labute approximate surface area is 179 Å². The van der Waals surface area contributed by atoms with Crippen LogP contribution in [0.4, 0.5) is 0 Å². The van der Waals surface area contributed by atoms with Crippen molar-refractivity contribution >= 4 is 27.0 Å². The predicted molar refractivity (Wildman–Crippen MR) is 119 cm³/mol. The van der Waals surface area contributed by atoms with Gasteiger partial charge in [0, 0.05) is 40.0 Å². The maximum atomic E-state index is 12.5. The van der Waals surface area contributed by atoms with Crippen molar-refractivity contribution in [1.82, 2.24) is 19.2 Å². The number of sulfonamides is 1. The first-order chi connectivity index (χ1) is 14.2. The summed E-state index contributed by atoms with van der Waals surface area (Å²) in [5.74, 6) is 1.47. The van der Waals surface area contributed by atoms with Crippen LogP contribution >= 0.6 is 0 Å². The Balaban J connectivity index is 1.66. The van der Waals surface area contributed by atoms with Crippen LogP contribution < -0.4 is 5.32 Å². The molecule has 166 valence electrons. The summed E-state index contributed by atoms with van der Waals surface area (Å²) in [7, 11) is 1.43. The summed E-state index contributed by atoms with van der Waals surface area (Å²) in [5.41, 5.74) is 1.49. The lowest BCUT2D eigenvalue weighted by Crippen LogP contribution is -2.37. The van der Waals surface area contributed by atoms with Gasteiger partial charge in [0.1, 0.15) is 5.82 Å². The molecule has 8 heteroatoms. The zero-order chi connectivity index (χ0) is 21.9. The lowest BCUT2D eigenvalue weighted by molar-refractivity contribution is -0.122. The Bertz CT molecular complexity index is 997. The third kappa shape index (κ3) is 4.86. The number of carbonyl (C=O) groups is 1. The van der Waals surface area contributed by atoms with E-state index in [1.807, 2.05) is 11.6 Å². The van der Waals surface area contributed by atoms with Gasteiger partial charge in [0.25, 0.3) is 0 Å². The van der Waals surface area contributed by atoms with Crippen LogP contribution in [0.15, 0.2) is 23.1 Å². The molecule has 0 aliphatic heterocycles. The molecule has 1 amide bonds. The Morgan fingerprint density at radius 3 is 2.77 bits per heavy atom. The fourth-order valence-corrected chi connectivity index (χ4v) is 5.29. The first-order valence-corrected chi connectivity index (χ1v) is 12.3. The van der Waals surface area contributed by atoms with Crippen LogP contribution in [0.5, 0.6) is 0 Å². The number of nitrogens with one attached hydrogen (secondary N) is 1. The number of nitrogens with zero attached hydrogens (tertiary/aromatic N) is 3. The van der Waals surface area contributed by atoms with Crippen LogP contribution in [0, 0.1) is 5.92 Å². The summed E-state index contributed by atoms with van der Waals surface area (Å²) in [6.07, 6.45) is 8.02. The molecule has 1 saturated carbocycles. The van der Waals surface area contributed by atoms with Crippen molar-refractivity contribution in [3.63, 3.8) is 0 Å². The topological polar surface area (TPSA) is 84.3 Å². The molecule has 3 rings (SSSR count). The van der Waals surface area contributed by atoms with Gasteiger partial charge in [-0.05, 0) is 43.4 Å². The molecule has 1 aliphatic rings. The lowest BCUT2D eigenvalue weighted by atomic mass is 9.96. The Morgan fingerprint density at radius 2 is 2.07 bits per heavy atom. The minimum atomic E-state index is -3.50. The van der Waals surface area contributed by atoms with E-state index in [9.17, 15) is 13.2 Å². The number of carbonyl (C=O) groups excluding carboxylic acids is 1. The quantitative estimate of drug-likeness (QED) is 0.657. The van der Waals surface area contributed by atoms with Gasteiger partial charge in [-0.1, -0.05) is 26.2 Å². The second-order valence-corrected chi connectivity index (χ2v) is 10.7. The van der Waals surface area contributed by atoms with Gasteiger partial charge in [-0.3, -0.25) is 4.79 Å². The molecule has 1 N–H and O–H groups in total. The number of imidazole rings is 1. The van der Waals surface area contributed by atoms with Gasteiger partial charge < -0.3 is 9.88 Å². The van der Waals surface area contributed by atoms with Gasteiger partial charge >= 0.3 is 0 Å².